The SMILES string of the molecule is CC1CCN(Cc2csc(-c3ccccc3Cl)n2)CC1. The Hall–Kier alpha value is -0.900. The third-order valence-corrected chi connectivity index (χ3v) is 5.17. The van der Waals surface area contributed by atoms with Crippen LogP contribution in [0.25, 0.3) is 10.6 Å². The smallest absolute Gasteiger partial charge is 0.125 e. The van der Waals surface area contributed by atoms with Crippen molar-refractivity contribution in [2.45, 2.75) is 26.3 Å². The number of hydrogen-bond donors (Lipinski definition) is 0. The van der Waals surface area contributed by atoms with E-state index >= 15 is 0 Å². The first-order chi connectivity index (χ1) is 9.72. The van der Waals surface area contributed by atoms with Crippen molar-refractivity contribution in [3.05, 3.63) is 40.4 Å². The summed E-state index contributed by atoms with van der Waals surface area (Å²) in [4.78, 5) is 7.25. The van der Waals surface area contributed by atoms with Crippen LogP contribution >= 0.6 is 22.9 Å². The van der Waals surface area contributed by atoms with Crippen molar-refractivity contribution in [1.82, 2.24) is 9.88 Å². The third-order valence-electron chi connectivity index (χ3n) is 3.92. The lowest BCUT2D eigenvalue weighted by molar-refractivity contribution is 0.184. The monoisotopic (exact) mass is 306 g/mol. The number of thiazole rings is 1. The number of likely N-dealkylation sites (tertiary alicyclic amines) is 1. The predicted molar refractivity (Wildman–Crippen MR) is 86.2 cm³/mol. The number of rotatable bonds is 3. The molecule has 1 aromatic heterocycles. The summed E-state index contributed by atoms with van der Waals surface area (Å²) >= 11 is 7.92. The normalized spacial score (nSPS) is 17.5. The van der Waals surface area contributed by atoms with Gasteiger partial charge in [0.25, 0.3) is 0 Å². The zero-order valence-electron chi connectivity index (χ0n) is 11.7. The molecule has 0 unspecified atom stereocenters. The van der Waals surface area contributed by atoms with Gasteiger partial charge in [-0.25, -0.2) is 4.98 Å². The summed E-state index contributed by atoms with van der Waals surface area (Å²) in [5.74, 6) is 0.875. The molecule has 2 nitrogen and oxygen atoms in total. The molecule has 0 atom stereocenters. The number of halogens is 1. The molecule has 0 aliphatic carbocycles. The Morgan fingerprint density at radius 3 is 2.80 bits per heavy atom. The van der Waals surface area contributed by atoms with E-state index in [1.165, 1.54) is 31.6 Å². The lowest BCUT2D eigenvalue weighted by Gasteiger charge is -2.29. The molecular weight excluding hydrogens is 288 g/mol. The molecule has 20 heavy (non-hydrogen) atoms. The minimum absolute atomic E-state index is 0.778. The van der Waals surface area contributed by atoms with Crippen molar-refractivity contribution < 1.29 is 0 Å². The predicted octanol–water partition coefficient (Wildman–Crippen LogP) is 4.70. The maximum Gasteiger partial charge on any atom is 0.125 e. The minimum Gasteiger partial charge on any atom is -0.297 e. The van der Waals surface area contributed by atoms with E-state index in [9.17, 15) is 0 Å². The Morgan fingerprint density at radius 2 is 2.05 bits per heavy atom. The fraction of sp³-hybridized carbons (Fsp3) is 0.438. The van der Waals surface area contributed by atoms with Crippen molar-refractivity contribution in [2.75, 3.05) is 13.1 Å². The van der Waals surface area contributed by atoms with Crippen molar-refractivity contribution in [3.8, 4) is 10.6 Å². The first-order valence-corrected chi connectivity index (χ1v) is 8.40. The quantitative estimate of drug-likeness (QED) is 0.817. The van der Waals surface area contributed by atoms with Gasteiger partial charge < -0.3 is 0 Å². The second-order valence-corrected chi connectivity index (χ2v) is 6.85. The van der Waals surface area contributed by atoms with Crippen LogP contribution in [0.1, 0.15) is 25.5 Å². The molecule has 106 valence electrons. The summed E-state index contributed by atoms with van der Waals surface area (Å²) < 4.78 is 0. The summed E-state index contributed by atoms with van der Waals surface area (Å²) in [6.45, 7) is 5.70. The fourth-order valence-corrected chi connectivity index (χ4v) is 3.72. The molecule has 1 saturated heterocycles. The number of aromatic nitrogens is 1. The molecule has 1 fully saturated rings. The highest BCUT2D eigenvalue weighted by atomic mass is 35.5. The molecule has 0 bridgehead atoms. The highest BCUT2D eigenvalue weighted by Gasteiger charge is 2.17. The van der Waals surface area contributed by atoms with Gasteiger partial charge in [0.1, 0.15) is 5.01 Å². The van der Waals surface area contributed by atoms with E-state index in [0.717, 1.165) is 28.1 Å². The van der Waals surface area contributed by atoms with E-state index in [2.05, 4.69) is 17.2 Å². The number of benzene rings is 1. The molecule has 1 aliphatic heterocycles. The van der Waals surface area contributed by atoms with Crippen molar-refractivity contribution in [3.63, 3.8) is 0 Å². The van der Waals surface area contributed by atoms with Crippen molar-refractivity contribution >= 4 is 22.9 Å². The van der Waals surface area contributed by atoms with Gasteiger partial charge in [-0.3, -0.25) is 4.90 Å². The average molecular weight is 307 g/mol. The Bertz CT molecular complexity index is 573. The van der Waals surface area contributed by atoms with Crippen LogP contribution < -0.4 is 0 Å². The summed E-state index contributed by atoms with van der Waals surface area (Å²) in [6, 6.07) is 7.92. The van der Waals surface area contributed by atoms with Gasteiger partial charge in [-0.2, -0.15) is 0 Å². The van der Waals surface area contributed by atoms with E-state index in [4.69, 9.17) is 16.6 Å². The Kier molecular flexibility index (Phi) is 4.39. The summed E-state index contributed by atoms with van der Waals surface area (Å²) in [7, 11) is 0. The van der Waals surface area contributed by atoms with Gasteiger partial charge in [-0.05, 0) is 37.9 Å². The van der Waals surface area contributed by atoms with Crippen LogP contribution in [0.4, 0.5) is 0 Å². The standard InChI is InChI=1S/C16H19ClN2S/c1-12-6-8-19(9-7-12)10-13-11-20-16(18-13)14-4-2-3-5-15(14)17/h2-5,11-12H,6-10H2,1H3. The second kappa shape index (κ2) is 6.25. The zero-order chi connectivity index (χ0) is 13.9. The van der Waals surface area contributed by atoms with Crippen LogP contribution in [0.5, 0.6) is 0 Å². The van der Waals surface area contributed by atoms with Crippen LogP contribution in [-0.2, 0) is 6.54 Å². The Labute approximate surface area is 129 Å². The summed E-state index contributed by atoms with van der Waals surface area (Å²) in [5.41, 5.74) is 2.21. The highest BCUT2D eigenvalue weighted by Crippen LogP contribution is 2.30. The summed E-state index contributed by atoms with van der Waals surface area (Å²) in [5, 5.41) is 3.97. The molecule has 1 aliphatic rings. The van der Waals surface area contributed by atoms with Crippen LogP contribution in [0, 0.1) is 5.92 Å². The van der Waals surface area contributed by atoms with E-state index < -0.39 is 0 Å². The van der Waals surface area contributed by atoms with Gasteiger partial charge in [0.2, 0.25) is 0 Å². The second-order valence-electron chi connectivity index (χ2n) is 5.58. The maximum absolute atomic E-state index is 6.23. The number of nitrogens with zero attached hydrogens (tertiary/aromatic N) is 2. The Morgan fingerprint density at radius 1 is 1.30 bits per heavy atom. The molecule has 0 radical (unpaired) electrons. The molecule has 0 amide bonds. The molecule has 3 rings (SSSR count). The molecule has 2 heterocycles. The van der Waals surface area contributed by atoms with Crippen LogP contribution in [0.3, 0.4) is 0 Å². The topological polar surface area (TPSA) is 16.1 Å². The van der Waals surface area contributed by atoms with Crippen molar-refractivity contribution in [2.24, 2.45) is 5.92 Å². The van der Waals surface area contributed by atoms with E-state index in [0.29, 0.717) is 0 Å². The molecule has 0 spiro atoms. The largest absolute Gasteiger partial charge is 0.297 e. The van der Waals surface area contributed by atoms with Crippen LogP contribution in [0.15, 0.2) is 29.6 Å². The van der Waals surface area contributed by atoms with Crippen LogP contribution in [-0.4, -0.2) is 23.0 Å². The first kappa shape index (κ1) is 14.1. The Balaban J connectivity index is 1.70. The molecule has 0 N–H and O–H groups in total. The van der Waals surface area contributed by atoms with Gasteiger partial charge in [-0.1, -0.05) is 36.7 Å². The van der Waals surface area contributed by atoms with E-state index in [1.807, 2.05) is 24.3 Å². The molecule has 2 aromatic rings. The zero-order valence-corrected chi connectivity index (χ0v) is 13.3. The summed E-state index contributed by atoms with van der Waals surface area (Å²) in [6.07, 6.45) is 2.61. The lowest BCUT2D eigenvalue weighted by atomic mass is 9.99. The van der Waals surface area contributed by atoms with Gasteiger partial charge in [0, 0.05) is 17.5 Å². The number of piperidine rings is 1. The van der Waals surface area contributed by atoms with E-state index in [1.54, 1.807) is 11.3 Å². The van der Waals surface area contributed by atoms with Gasteiger partial charge in [-0.15, -0.1) is 11.3 Å². The number of hydrogen-bond acceptors (Lipinski definition) is 3. The maximum atomic E-state index is 6.23. The van der Waals surface area contributed by atoms with Crippen LogP contribution in [0.2, 0.25) is 5.02 Å². The van der Waals surface area contributed by atoms with Crippen molar-refractivity contribution in [1.29, 1.82) is 0 Å². The lowest BCUT2D eigenvalue weighted by Crippen LogP contribution is -2.32. The molecular formula is C16H19ClN2S. The molecule has 0 saturated carbocycles. The first-order valence-electron chi connectivity index (χ1n) is 7.14. The minimum atomic E-state index is 0.778. The third kappa shape index (κ3) is 3.22. The van der Waals surface area contributed by atoms with Gasteiger partial charge in [0.05, 0.1) is 10.7 Å². The molecule has 1 aromatic carbocycles. The fourth-order valence-electron chi connectivity index (χ4n) is 2.59. The van der Waals surface area contributed by atoms with Gasteiger partial charge in [0.15, 0.2) is 0 Å². The van der Waals surface area contributed by atoms with Gasteiger partial charge >= 0.3 is 0 Å². The average Bonchev–Trinajstić information content (AvgIpc) is 2.90. The highest BCUT2D eigenvalue weighted by molar-refractivity contribution is 7.13. The molecule has 4 heteroatoms. The van der Waals surface area contributed by atoms with E-state index in [-0.39, 0.29) is 0 Å².